The van der Waals surface area contributed by atoms with E-state index in [0.29, 0.717) is 18.7 Å². The Morgan fingerprint density at radius 3 is 2.70 bits per heavy atom. The monoisotopic (exact) mass is 272 g/mol. The highest BCUT2D eigenvalue weighted by atomic mass is 16.5. The first-order chi connectivity index (χ1) is 9.67. The molecule has 0 radical (unpaired) electrons. The minimum absolute atomic E-state index is 0.00978. The standard InChI is InChI=1S/C16H20N2O2/c1-3-18(16(19)15-5-4-10-20-15)12(2)14-8-6-13(11-17)7-9-14/h6-9,12,15H,3-5,10H2,1-2H3. The molecule has 0 aliphatic carbocycles. The van der Waals surface area contributed by atoms with Crippen molar-refractivity contribution in [3.8, 4) is 6.07 Å². The number of carbonyl (C=O) groups is 1. The summed E-state index contributed by atoms with van der Waals surface area (Å²) < 4.78 is 5.49. The van der Waals surface area contributed by atoms with Crippen LogP contribution in [0.2, 0.25) is 0 Å². The van der Waals surface area contributed by atoms with E-state index in [1.165, 1.54) is 0 Å². The van der Waals surface area contributed by atoms with Crippen LogP contribution in [-0.2, 0) is 9.53 Å². The van der Waals surface area contributed by atoms with Crippen molar-refractivity contribution in [2.24, 2.45) is 0 Å². The molecule has 20 heavy (non-hydrogen) atoms. The molecule has 0 aromatic heterocycles. The normalized spacial score (nSPS) is 19.4. The molecule has 1 saturated heterocycles. The highest BCUT2D eigenvalue weighted by Gasteiger charge is 2.30. The van der Waals surface area contributed by atoms with Gasteiger partial charge in [-0.3, -0.25) is 4.79 Å². The molecule has 1 heterocycles. The van der Waals surface area contributed by atoms with Gasteiger partial charge in [-0.2, -0.15) is 5.26 Å². The molecule has 106 valence electrons. The molecule has 2 atom stereocenters. The predicted molar refractivity (Wildman–Crippen MR) is 75.9 cm³/mol. The number of hydrogen-bond acceptors (Lipinski definition) is 3. The van der Waals surface area contributed by atoms with Crippen LogP contribution < -0.4 is 0 Å². The molecule has 4 nitrogen and oxygen atoms in total. The molecule has 1 amide bonds. The number of hydrogen-bond donors (Lipinski definition) is 0. The number of rotatable bonds is 4. The maximum Gasteiger partial charge on any atom is 0.252 e. The molecule has 0 N–H and O–H groups in total. The molecule has 1 fully saturated rings. The minimum Gasteiger partial charge on any atom is -0.368 e. The summed E-state index contributed by atoms with van der Waals surface area (Å²) in [4.78, 5) is 14.3. The molecule has 4 heteroatoms. The third-order valence-corrected chi connectivity index (χ3v) is 3.82. The van der Waals surface area contributed by atoms with E-state index in [-0.39, 0.29) is 18.1 Å². The van der Waals surface area contributed by atoms with E-state index < -0.39 is 0 Å². The summed E-state index contributed by atoms with van der Waals surface area (Å²) in [5.74, 6) is 0.0712. The maximum absolute atomic E-state index is 12.5. The van der Waals surface area contributed by atoms with Gasteiger partial charge in [-0.15, -0.1) is 0 Å². The molecular weight excluding hydrogens is 252 g/mol. The summed E-state index contributed by atoms with van der Waals surface area (Å²) in [5.41, 5.74) is 1.67. The second kappa shape index (κ2) is 6.53. The molecular formula is C16H20N2O2. The van der Waals surface area contributed by atoms with Gasteiger partial charge in [-0.1, -0.05) is 12.1 Å². The van der Waals surface area contributed by atoms with Gasteiger partial charge in [0.2, 0.25) is 0 Å². The molecule has 2 unspecified atom stereocenters. The number of benzene rings is 1. The molecule has 0 saturated carbocycles. The summed E-state index contributed by atoms with van der Waals surface area (Å²) >= 11 is 0. The Balaban J connectivity index is 2.13. The summed E-state index contributed by atoms with van der Waals surface area (Å²) in [5, 5.41) is 8.82. The lowest BCUT2D eigenvalue weighted by Crippen LogP contribution is -2.40. The highest BCUT2D eigenvalue weighted by molar-refractivity contribution is 5.81. The van der Waals surface area contributed by atoms with Crippen LogP contribution in [-0.4, -0.2) is 30.1 Å². The fourth-order valence-electron chi connectivity index (χ4n) is 2.59. The average molecular weight is 272 g/mol. The van der Waals surface area contributed by atoms with Gasteiger partial charge in [0.25, 0.3) is 5.91 Å². The van der Waals surface area contributed by atoms with Crippen LogP contribution >= 0.6 is 0 Å². The summed E-state index contributed by atoms with van der Waals surface area (Å²) in [6.07, 6.45) is 1.49. The van der Waals surface area contributed by atoms with Gasteiger partial charge >= 0.3 is 0 Å². The van der Waals surface area contributed by atoms with E-state index in [1.807, 2.05) is 30.9 Å². The lowest BCUT2D eigenvalue weighted by atomic mass is 10.0. The van der Waals surface area contributed by atoms with Gasteiger partial charge in [0.1, 0.15) is 6.10 Å². The van der Waals surface area contributed by atoms with Gasteiger partial charge in [0.05, 0.1) is 17.7 Å². The summed E-state index contributed by atoms with van der Waals surface area (Å²) in [7, 11) is 0. The SMILES string of the molecule is CCN(C(=O)C1CCCO1)C(C)c1ccc(C#N)cc1. The highest BCUT2D eigenvalue weighted by Crippen LogP contribution is 2.24. The molecule has 1 aliphatic rings. The molecule has 1 aromatic rings. The van der Waals surface area contributed by atoms with Gasteiger partial charge in [-0.25, -0.2) is 0 Å². The Morgan fingerprint density at radius 2 is 2.20 bits per heavy atom. The van der Waals surface area contributed by atoms with E-state index in [9.17, 15) is 4.79 Å². The molecule has 1 aromatic carbocycles. The third-order valence-electron chi connectivity index (χ3n) is 3.82. The molecule has 0 bridgehead atoms. The van der Waals surface area contributed by atoms with E-state index in [0.717, 1.165) is 18.4 Å². The Hall–Kier alpha value is -1.86. The van der Waals surface area contributed by atoms with E-state index in [2.05, 4.69) is 6.07 Å². The van der Waals surface area contributed by atoms with E-state index in [4.69, 9.17) is 10.00 Å². The van der Waals surface area contributed by atoms with E-state index >= 15 is 0 Å². The van der Waals surface area contributed by atoms with Crippen molar-refractivity contribution in [1.82, 2.24) is 4.90 Å². The van der Waals surface area contributed by atoms with Crippen molar-refractivity contribution in [3.63, 3.8) is 0 Å². The van der Waals surface area contributed by atoms with Crippen molar-refractivity contribution < 1.29 is 9.53 Å². The number of nitrogens with zero attached hydrogens (tertiary/aromatic N) is 2. The van der Waals surface area contributed by atoms with Crippen LogP contribution in [0.15, 0.2) is 24.3 Å². The minimum atomic E-state index is -0.282. The zero-order valence-corrected chi connectivity index (χ0v) is 12.0. The first kappa shape index (κ1) is 14.5. The number of likely N-dealkylation sites (N-methyl/N-ethyl adjacent to an activating group) is 1. The largest absolute Gasteiger partial charge is 0.368 e. The van der Waals surface area contributed by atoms with Crippen LogP contribution in [0.3, 0.4) is 0 Å². The fourth-order valence-corrected chi connectivity index (χ4v) is 2.59. The summed E-state index contributed by atoms with van der Waals surface area (Å²) in [6.45, 7) is 5.32. The van der Waals surface area contributed by atoms with Gasteiger partial charge in [0.15, 0.2) is 0 Å². The van der Waals surface area contributed by atoms with Crippen LogP contribution in [0.25, 0.3) is 0 Å². The van der Waals surface area contributed by atoms with Gasteiger partial charge in [0, 0.05) is 13.2 Å². The van der Waals surface area contributed by atoms with Crippen LogP contribution in [0.5, 0.6) is 0 Å². The Labute approximate surface area is 120 Å². The zero-order chi connectivity index (χ0) is 14.5. The molecule has 2 rings (SSSR count). The maximum atomic E-state index is 12.5. The topological polar surface area (TPSA) is 53.3 Å². The van der Waals surface area contributed by atoms with Gasteiger partial charge < -0.3 is 9.64 Å². The number of ether oxygens (including phenoxy) is 1. The van der Waals surface area contributed by atoms with Crippen molar-refractivity contribution in [2.75, 3.05) is 13.2 Å². The first-order valence-electron chi connectivity index (χ1n) is 7.09. The van der Waals surface area contributed by atoms with Crippen LogP contribution in [0.4, 0.5) is 0 Å². The molecule has 1 aliphatic heterocycles. The average Bonchev–Trinajstić information content (AvgIpc) is 3.02. The van der Waals surface area contributed by atoms with Crippen LogP contribution in [0.1, 0.15) is 43.9 Å². The van der Waals surface area contributed by atoms with Crippen molar-refractivity contribution in [2.45, 2.75) is 38.8 Å². The third kappa shape index (κ3) is 3.00. The van der Waals surface area contributed by atoms with Crippen molar-refractivity contribution in [1.29, 1.82) is 5.26 Å². The Kier molecular flexibility index (Phi) is 4.75. The number of carbonyl (C=O) groups excluding carboxylic acids is 1. The zero-order valence-electron chi connectivity index (χ0n) is 12.0. The fraction of sp³-hybridized carbons (Fsp3) is 0.500. The van der Waals surface area contributed by atoms with Crippen LogP contribution in [0, 0.1) is 11.3 Å². The predicted octanol–water partition coefficient (Wildman–Crippen LogP) is 2.65. The lowest BCUT2D eigenvalue weighted by molar-refractivity contribution is -0.143. The smallest absolute Gasteiger partial charge is 0.252 e. The van der Waals surface area contributed by atoms with Gasteiger partial charge in [-0.05, 0) is 44.4 Å². The van der Waals surface area contributed by atoms with Crippen molar-refractivity contribution in [3.05, 3.63) is 35.4 Å². The Morgan fingerprint density at radius 1 is 1.50 bits per heavy atom. The second-order valence-electron chi connectivity index (χ2n) is 5.04. The van der Waals surface area contributed by atoms with Crippen molar-refractivity contribution >= 4 is 5.91 Å². The Bertz CT molecular complexity index is 498. The summed E-state index contributed by atoms with van der Waals surface area (Å²) in [6, 6.07) is 9.49. The first-order valence-corrected chi connectivity index (χ1v) is 7.09. The quantitative estimate of drug-likeness (QED) is 0.846. The lowest BCUT2D eigenvalue weighted by Gasteiger charge is -2.30. The number of nitriles is 1. The second-order valence-corrected chi connectivity index (χ2v) is 5.04. The number of amides is 1. The molecule has 0 spiro atoms. The van der Waals surface area contributed by atoms with E-state index in [1.54, 1.807) is 12.1 Å².